The largest absolute Gasteiger partial charge is 0.503 e. The molecule has 0 saturated heterocycles. The quantitative estimate of drug-likeness (QED) is 0.732. The number of hydrogen-bond acceptors (Lipinski definition) is 4. The van der Waals surface area contributed by atoms with Gasteiger partial charge in [0.1, 0.15) is 5.82 Å². The fourth-order valence-electron chi connectivity index (χ4n) is 3.29. The summed E-state index contributed by atoms with van der Waals surface area (Å²) in [5.41, 5.74) is 0.878. The van der Waals surface area contributed by atoms with Crippen molar-refractivity contribution in [1.29, 1.82) is 0 Å². The van der Waals surface area contributed by atoms with Crippen LogP contribution in [-0.4, -0.2) is 53.8 Å². The van der Waals surface area contributed by atoms with Gasteiger partial charge >= 0.3 is 0 Å². The highest BCUT2D eigenvalue weighted by molar-refractivity contribution is 6.14. The van der Waals surface area contributed by atoms with Crippen molar-refractivity contribution >= 4 is 17.8 Å². The summed E-state index contributed by atoms with van der Waals surface area (Å²) in [7, 11) is 3.70. The molecule has 0 bridgehead atoms. The molecule has 29 heavy (non-hydrogen) atoms. The smallest absolute Gasteiger partial charge is 0.290 e. The normalized spacial score (nSPS) is 17.0. The van der Waals surface area contributed by atoms with Crippen LogP contribution in [0.2, 0.25) is 0 Å². The van der Waals surface area contributed by atoms with Crippen molar-refractivity contribution in [1.82, 2.24) is 9.80 Å². The van der Waals surface area contributed by atoms with Crippen LogP contribution in [0.5, 0.6) is 0 Å². The number of benzene rings is 2. The number of hydrogen-bond donors (Lipinski definition) is 1. The van der Waals surface area contributed by atoms with E-state index in [1.807, 2.05) is 49.3 Å². The Morgan fingerprint density at radius 2 is 1.79 bits per heavy atom. The fraction of sp³-hybridized carbons (Fsp3) is 0.217. The molecule has 0 aliphatic carbocycles. The molecule has 1 heterocycles. The van der Waals surface area contributed by atoms with Crippen LogP contribution in [0, 0.1) is 5.82 Å². The van der Waals surface area contributed by atoms with Gasteiger partial charge in [0.05, 0.1) is 11.6 Å². The highest BCUT2D eigenvalue weighted by Crippen LogP contribution is 2.38. The number of halogens is 1. The van der Waals surface area contributed by atoms with Gasteiger partial charge in [0.15, 0.2) is 11.5 Å². The van der Waals surface area contributed by atoms with Gasteiger partial charge in [-0.05, 0) is 31.8 Å². The number of aliphatic hydroxyl groups is 1. The molecule has 6 heteroatoms. The minimum absolute atomic E-state index is 0.106. The Kier molecular flexibility index (Phi) is 6.24. The standard InChI is InChI=1S/C23H23FN2O3/c1-25(2)14-15-26-21(17-10-6-7-11-18(17)24)20(22(28)23(26)29)19(27)13-12-16-8-4-3-5-9-16/h3-13,21,28H,14-15H2,1-2H3. The minimum Gasteiger partial charge on any atom is -0.503 e. The third-order valence-corrected chi connectivity index (χ3v) is 4.78. The second kappa shape index (κ2) is 8.84. The van der Waals surface area contributed by atoms with Crippen LogP contribution in [0.15, 0.2) is 72.0 Å². The molecule has 1 atom stereocenters. The lowest BCUT2D eigenvalue weighted by molar-refractivity contribution is -0.129. The first-order valence-corrected chi connectivity index (χ1v) is 9.31. The lowest BCUT2D eigenvalue weighted by atomic mass is 9.95. The highest BCUT2D eigenvalue weighted by Gasteiger charge is 2.43. The molecule has 1 unspecified atom stereocenters. The van der Waals surface area contributed by atoms with Crippen molar-refractivity contribution in [3.05, 3.63) is 88.9 Å². The van der Waals surface area contributed by atoms with E-state index in [9.17, 15) is 19.1 Å². The molecule has 1 aliphatic heterocycles. The fourth-order valence-corrected chi connectivity index (χ4v) is 3.29. The summed E-state index contributed by atoms with van der Waals surface area (Å²) in [6.07, 6.45) is 2.91. The second-order valence-electron chi connectivity index (χ2n) is 7.10. The molecule has 1 N–H and O–H groups in total. The van der Waals surface area contributed by atoms with Crippen LogP contribution in [-0.2, 0) is 9.59 Å². The maximum Gasteiger partial charge on any atom is 0.290 e. The molecule has 0 spiro atoms. The van der Waals surface area contributed by atoms with Crippen molar-refractivity contribution in [3.8, 4) is 0 Å². The predicted molar refractivity (Wildman–Crippen MR) is 110 cm³/mol. The van der Waals surface area contributed by atoms with E-state index in [4.69, 9.17) is 0 Å². The van der Waals surface area contributed by atoms with Crippen LogP contribution < -0.4 is 0 Å². The Balaban J connectivity index is 2.00. The SMILES string of the molecule is CN(C)CCN1C(=O)C(O)=C(C(=O)C=Cc2ccccc2)C1c1ccccc1F. The zero-order chi connectivity index (χ0) is 21.0. The Bertz CT molecular complexity index is 967. The molecule has 150 valence electrons. The van der Waals surface area contributed by atoms with Gasteiger partial charge in [-0.15, -0.1) is 0 Å². The molecule has 2 aromatic carbocycles. The number of nitrogens with zero attached hydrogens (tertiary/aromatic N) is 2. The summed E-state index contributed by atoms with van der Waals surface area (Å²) in [5.74, 6) is -2.36. The van der Waals surface area contributed by atoms with Crippen LogP contribution in [0.3, 0.4) is 0 Å². The summed E-state index contributed by atoms with van der Waals surface area (Å²) in [4.78, 5) is 28.9. The first-order chi connectivity index (χ1) is 13.9. The molecule has 5 nitrogen and oxygen atoms in total. The number of likely N-dealkylation sites (N-methyl/N-ethyl adjacent to an activating group) is 1. The average Bonchev–Trinajstić information content (AvgIpc) is 2.96. The Morgan fingerprint density at radius 3 is 2.45 bits per heavy atom. The van der Waals surface area contributed by atoms with Crippen LogP contribution in [0.25, 0.3) is 6.08 Å². The molecule has 0 radical (unpaired) electrons. The van der Waals surface area contributed by atoms with Crippen molar-refractivity contribution in [2.75, 3.05) is 27.2 Å². The molecule has 2 aromatic rings. The molecular formula is C23H23FN2O3. The molecule has 0 saturated carbocycles. The number of ketones is 1. The van der Waals surface area contributed by atoms with Crippen LogP contribution in [0.4, 0.5) is 4.39 Å². The second-order valence-corrected chi connectivity index (χ2v) is 7.10. The van der Waals surface area contributed by atoms with Gasteiger partial charge in [0.2, 0.25) is 0 Å². The van der Waals surface area contributed by atoms with Crippen LogP contribution in [0.1, 0.15) is 17.2 Å². The Labute approximate surface area is 169 Å². The summed E-state index contributed by atoms with van der Waals surface area (Å²) in [5, 5.41) is 10.5. The van der Waals surface area contributed by atoms with Gasteiger partial charge in [-0.3, -0.25) is 9.59 Å². The van der Waals surface area contributed by atoms with E-state index in [-0.39, 0.29) is 17.7 Å². The summed E-state index contributed by atoms with van der Waals surface area (Å²) < 4.78 is 14.6. The predicted octanol–water partition coefficient (Wildman–Crippen LogP) is 3.37. The maximum atomic E-state index is 14.6. The number of allylic oxidation sites excluding steroid dienone is 1. The summed E-state index contributed by atoms with van der Waals surface area (Å²) >= 11 is 0. The monoisotopic (exact) mass is 394 g/mol. The van der Waals surface area contributed by atoms with Gasteiger partial charge in [0, 0.05) is 18.7 Å². The molecular weight excluding hydrogens is 371 g/mol. The van der Waals surface area contributed by atoms with E-state index in [2.05, 4.69) is 0 Å². The van der Waals surface area contributed by atoms with Gasteiger partial charge in [-0.1, -0.05) is 54.6 Å². The number of carbonyl (C=O) groups is 2. The van der Waals surface area contributed by atoms with Crippen LogP contribution >= 0.6 is 0 Å². The highest BCUT2D eigenvalue weighted by atomic mass is 19.1. The van der Waals surface area contributed by atoms with E-state index in [0.717, 1.165) is 5.56 Å². The van der Waals surface area contributed by atoms with E-state index < -0.39 is 29.3 Å². The third-order valence-electron chi connectivity index (χ3n) is 4.78. The third kappa shape index (κ3) is 4.43. The zero-order valence-electron chi connectivity index (χ0n) is 16.4. The molecule has 0 aromatic heterocycles. The Hall–Kier alpha value is -3.25. The zero-order valence-corrected chi connectivity index (χ0v) is 16.4. The number of aliphatic hydroxyl groups excluding tert-OH is 1. The van der Waals surface area contributed by atoms with E-state index in [1.54, 1.807) is 18.2 Å². The maximum absolute atomic E-state index is 14.6. The van der Waals surface area contributed by atoms with Crippen molar-refractivity contribution in [2.45, 2.75) is 6.04 Å². The van der Waals surface area contributed by atoms with Crippen molar-refractivity contribution in [3.63, 3.8) is 0 Å². The minimum atomic E-state index is -0.975. The average molecular weight is 394 g/mol. The molecule has 1 aliphatic rings. The Morgan fingerprint density at radius 1 is 1.14 bits per heavy atom. The first-order valence-electron chi connectivity index (χ1n) is 9.31. The lowest BCUT2D eigenvalue weighted by Crippen LogP contribution is -2.36. The van der Waals surface area contributed by atoms with E-state index in [0.29, 0.717) is 6.54 Å². The number of rotatable bonds is 7. The van der Waals surface area contributed by atoms with Crippen molar-refractivity contribution < 1.29 is 19.1 Å². The number of carbonyl (C=O) groups excluding carboxylic acids is 2. The molecule has 0 fully saturated rings. The lowest BCUT2D eigenvalue weighted by Gasteiger charge is -2.28. The van der Waals surface area contributed by atoms with Crippen molar-refractivity contribution in [2.24, 2.45) is 0 Å². The first kappa shape index (κ1) is 20.5. The number of amides is 1. The molecule has 3 rings (SSSR count). The topological polar surface area (TPSA) is 60.9 Å². The summed E-state index contributed by atoms with van der Waals surface area (Å²) in [6, 6.07) is 14.2. The molecule has 1 amide bonds. The van der Waals surface area contributed by atoms with E-state index >= 15 is 0 Å². The van der Waals surface area contributed by atoms with E-state index in [1.165, 1.54) is 23.1 Å². The summed E-state index contributed by atoms with van der Waals surface area (Å²) in [6.45, 7) is 0.749. The van der Waals surface area contributed by atoms with Gasteiger partial charge < -0.3 is 14.9 Å². The van der Waals surface area contributed by atoms with Gasteiger partial charge in [-0.2, -0.15) is 0 Å². The van der Waals surface area contributed by atoms with Gasteiger partial charge in [-0.25, -0.2) is 4.39 Å². The van der Waals surface area contributed by atoms with Gasteiger partial charge in [0.25, 0.3) is 5.91 Å².